The maximum absolute atomic E-state index is 2.50. The van der Waals surface area contributed by atoms with Gasteiger partial charge in [0.15, 0.2) is 0 Å². The lowest BCUT2D eigenvalue weighted by Crippen LogP contribution is -2.28. The molecule has 1 aliphatic rings. The van der Waals surface area contributed by atoms with Gasteiger partial charge in [-0.2, -0.15) is 0 Å². The van der Waals surface area contributed by atoms with Gasteiger partial charge in [-0.3, -0.25) is 0 Å². The van der Waals surface area contributed by atoms with Crippen LogP contribution in [0.15, 0.2) is 194 Å². The van der Waals surface area contributed by atoms with Gasteiger partial charge in [-0.05, 0) is 139 Å². The third-order valence-electron chi connectivity index (χ3n) is 13.0. The van der Waals surface area contributed by atoms with E-state index in [0.717, 1.165) is 12.8 Å². The number of fused-ring (bicyclic) bond motifs is 3. The van der Waals surface area contributed by atoms with Gasteiger partial charge in [0.05, 0.1) is 5.41 Å². The third-order valence-corrected chi connectivity index (χ3v) is 13.0. The molecule has 0 nitrogen and oxygen atoms in total. The molecule has 0 aliphatic heterocycles. The van der Waals surface area contributed by atoms with Crippen LogP contribution in [0, 0.1) is 0 Å². The second kappa shape index (κ2) is 18.6. The van der Waals surface area contributed by atoms with Crippen molar-refractivity contribution in [2.75, 3.05) is 0 Å². The van der Waals surface area contributed by atoms with Gasteiger partial charge in [0.25, 0.3) is 0 Å². The number of hydrogen-bond acceptors (Lipinski definition) is 0. The fourth-order valence-corrected chi connectivity index (χ4v) is 10.0. The van der Waals surface area contributed by atoms with Crippen LogP contribution in [0.3, 0.4) is 0 Å². The maximum atomic E-state index is 2.50. The molecule has 0 bridgehead atoms. The van der Waals surface area contributed by atoms with Crippen molar-refractivity contribution >= 4 is 0 Å². The molecule has 0 N–H and O–H groups in total. The second-order valence-electron chi connectivity index (χ2n) is 17.2. The van der Waals surface area contributed by atoms with E-state index < -0.39 is 5.41 Å². The van der Waals surface area contributed by atoms with Gasteiger partial charge in [0.2, 0.25) is 0 Å². The predicted molar refractivity (Wildman–Crippen MR) is 261 cm³/mol. The smallest absolute Gasteiger partial charge is 0.0654 e. The van der Waals surface area contributed by atoms with Gasteiger partial charge in [-0.1, -0.05) is 222 Å². The summed E-state index contributed by atoms with van der Waals surface area (Å²) >= 11 is 0. The first kappa shape index (κ1) is 40.2. The molecule has 0 amide bonds. The van der Waals surface area contributed by atoms with Crippen LogP contribution in [0.4, 0.5) is 0 Å². The lowest BCUT2D eigenvalue weighted by atomic mass is 9.67. The Labute approximate surface area is 365 Å². The summed E-state index contributed by atoms with van der Waals surface area (Å²) in [6.45, 7) is 4.59. The van der Waals surface area contributed by atoms with E-state index in [-0.39, 0.29) is 0 Å². The molecule has 8 aromatic rings. The van der Waals surface area contributed by atoms with Crippen molar-refractivity contribution in [3.05, 3.63) is 228 Å². The van der Waals surface area contributed by atoms with Gasteiger partial charge in [0.1, 0.15) is 0 Å². The number of unbranched alkanes of at least 4 members (excludes halogenated alkanes) is 6. The highest BCUT2D eigenvalue weighted by Crippen LogP contribution is 2.56. The fraction of sp³-hybridized carbons (Fsp3) is 0.213. The third kappa shape index (κ3) is 8.30. The molecule has 0 radical (unpaired) electrons. The Morgan fingerprint density at radius 2 is 0.672 bits per heavy atom. The molecular weight excluding hydrogens is 733 g/mol. The van der Waals surface area contributed by atoms with E-state index in [1.54, 1.807) is 0 Å². The van der Waals surface area contributed by atoms with Gasteiger partial charge < -0.3 is 0 Å². The van der Waals surface area contributed by atoms with E-state index in [1.165, 1.54) is 140 Å². The van der Waals surface area contributed by atoms with Crippen molar-refractivity contribution in [1.29, 1.82) is 0 Å². The van der Waals surface area contributed by atoms with Crippen LogP contribution in [-0.4, -0.2) is 0 Å². The first-order valence-corrected chi connectivity index (χ1v) is 23.0. The summed E-state index contributed by atoms with van der Waals surface area (Å²) < 4.78 is 0. The van der Waals surface area contributed by atoms with Crippen molar-refractivity contribution < 1.29 is 0 Å². The van der Waals surface area contributed by atoms with Crippen LogP contribution in [0.25, 0.3) is 55.6 Å². The quantitative estimate of drug-likeness (QED) is 0.0855. The molecule has 0 saturated heterocycles. The molecule has 0 unspecified atom stereocenters. The van der Waals surface area contributed by atoms with Crippen molar-refractivity contribution in [3.8, 4) is 55.6 Å². The number of benzene rings is 8. The number of rotatable bonds is 16. The lowest BCUT2D eigenvalue weighted by Gasteiger charge is -2.34. The normalized spacial score (nSPS) is 12.6. The Bertz CT molecular complexity index is 2530. The first-order chi connectivity index (χ1) is 30.1. The summed E-state index contributed by atoms with van der Waals surface area (Å²) in [6, 6.07) is 73.7. The molecule has 8 aromatic carbocycles. The summed E-state index contributed by atoms with van der Waals surface area (Å²) in [7, 11) is 0. The summed E-state index contributed by atoms with van der Waals surface area (Å²) in [5.74, 6) is 0. The predicted octanol–water partition coefficient (Wildman–Crippen LogP) is 17.0. The fourth-order valence-electron chi connectivity index (χ4n) is 10.0. The van der Waals surface area contributed by atoms with Gasteiger partial charge in [0, 0.05) is 0 Å². The van der Waals surface area contributed by atoms with E-state index in [4.69, 9.17) is 0 Å². The van der Waals surface area contributed by atoms with E-state index in [0.29, 0.717) is 0 Å². The molecule has 0 aromatic heterocycles. The average Bonchev–Trinajstić information content (AvgIpc) is 3.63. The average molecular weight is 791 g/mol. The standard InChI is InChI=1S/C61H58/c1-3-5-7-11-23-45-37-51(47-25-13-9-14-26-47)41-53(39-45)49-29-21-31-55(43-49)61(59-35-19-17-33-57(59)58-34-18-20-36-60(58)61)56-32-22-30-50(44-56)54-40-46(24-12-8-6-4-2)38-52(42-54)48-27-15-10-16-28-48/h9-10,13-22,25-44H,3-8,11-12,23-24H2,1-2H3. The molecule has 61 heavy (non-hydrogen) atoms. The Kier molecular flexibility index (Phi) is 12.2. The van der Waals surface area contributed by atoms with Crippen LogP contribution < -0.4 is 0 Å². The van der Waals surface area contributed by atoms with Crippen molar-refractivity contribution in [3.63, 3.8) is 0 Å². The first-order valence-electron chi connectivity index (χ1n) is 23.0. The molecule has 0 spiro atoms. The zero-order valence-corrected chi connectivity index (χ0v) is 36.0. The highest BCUT2D eigenvalue weighted by atomic mass is 14.5. The van der Waals surface area contributed by atoms with E-state index in [1.807, 2.05) is 0 Å². The molecule has 0 saturated carbocycles. The molecule has 0 fully saturated rings. The number of aryl methyl sites for hydroxylation is 2. The Morgan fingerprint density at radius 1 is 0.295 bits per heavy atom. The number of hydrogen-bond donors (Lipinski definition) is 0. The van der Waals surface area contributed by atoms with E-state index in [9.17, 15) is 0 Å². The molecule has 0 heteroatoms. The minimum absolute atomic E-state index is 0.515. The molecule has 1 aliphatic carbocycles. The summed E-state index contributed by atoms with van der Waals surface area (Å²) in [6.07, 6.45) is 12.2. The monoisotopic (exact) mass is 790 g/mol. The van der Waals surface area contributed by atoms with Crippen molar-refractivity contribution in [1.82, 2.24) is 0 Å². The summed E-state index contributed by atoms with van der Waals surface area (Å²) in [5.41, 5.74) is 20.4. The Hall–Kier alpha value is -6.24. The van der Waals surface area contributed by atoms with E-state index >= 15 is 0 Å². The van der Waals surface area contributed by atoms with Crippen molar-refractivity contribution in [2.45, 2.75) is 83.5 Å². The zero-order valence-electron chi connectivity index (χ0n) is 36.0. The largest absolute Gasteiger partial charge is 0.0713 e. The van der Waals surface area contributed by atoms with Crippen LogP contribution in [0.5, 0.6) is 0 Å². The molecule has 0 atom stereocenters. The maximum Gasteiger partial charge on any atom is 0.0713 e. The Morgan fingerprint density at radius 3 is 1.10 bits per heavy atom. The molecule has 0 heterocycles. The van der Waals surface area contributed by atoms with Crippen LogP contribution >= 0.6 is 0 Å². The highest BCUT2D eigenvalue weighted by molar-refractivity contribution is 5.88. The minimum atomic E-state index is -0.515. The SMILES string of the molecule is CCCCCCc1cc(-c2ccccc2)cc(-c2cccc(C3(c4cccc(-c5cc(CCCCCC)cc(-c6ccccc6)c5)c4)c4ccccc4-c4ccccc43)c2)c1. The second-order valence-corrected chi connectivity index (χ2v) is 17.2. The van der Waals surface area contributed by atoms with E-state index in [2.05, 4.69) is 208 Å². The molecular formula is C61H58. The topological polar surface area (TPSA) is 0 Å². The molecule has 302 valence electrons. The summed E-state index contributed by atoms with van der Waals surface area (Å²) in [4.78, 5) is 0. The van der Waals surface area contributed by atoms with Crippen LogP contribution in [0.1, 0.15) is 98.6 Å². The van der Waals surface area contributed by atoms with Crippen molar-refractivity contribution in [2.24, 2.45) is 0 Å². The van der Waals surface area contributed by atoms with Gasteiger partial charge in [-0.25, -0.2) is 0 Å². The Balaban J connectivity index is 1.21. The van der Waals surface area contributed by atoms with Crippen LogP contribution in [-0.2, 0) is 18.3 Å². The van der Waals surface area contributed by atoms with Crippen LogP contribution in [0.2, 0.25) is 0 Å². The highest BCUT2D eigenvalue weighted by Gasteiger charge is 2.46. The van der Waals surface area contributed by atoms with Gasteiger partial charge >= 0.3 is 0 Å². The minimum Gasteiger partial charge on any atom is -0.0654 e. The lowest BCUT2D eigenvalue weighted by molar-refractivity contribution is 0.667. The summed E-state index contributed by atoms with van der Waals surface area (Å²) in [5, 5.41) is 0. The van der Waals surface area contributed by atoms with Gasteiger partial charge in [-0.15, -0.1) is 0 Å². The zero-order chi connectivity index (χ0) is 41.4. The molecule has 9 rings (SSSR count).